The highest BCUT2D eigenvalue weighted by Gasteiger charge is 2.36. The second kappa shape index (κ2) is 5.56. The summed E-state index contributed by atoms with van der Waals surface area (Å²) in [6.45, 7) is 3.86. The van der Waals surface area contributed by atoms with E-state index in [1.807, 2.05) is 13.8 Å². The van der Waals surface area contributed by atoms with Crippen LogP contribution >= 0.6 is 0 Å². The molecule has 1 fully saturated rings. The van der Waals surface area contributed by atoms with Gasteiger partial charge in [0, 0.05) is 5.56 Å². The number of hydrogen-bond acceptors (Lipinski definition) is 2. The predicted octanol–water partition coefficient (Wildman–Crippen LogP) is 1.67. The van der Waals surface area contributed by atoms with Gasteiger partial charge in [-0.2, -0.15) is 0 Å². The number of benzene rings is 1. The van der Waals surface area contributed by atoms with Gasteiger partial charge in [-0.25, -0.2) is 8.78 Å². The zero-order chi connectivity index (χ0) is 14.9. The second-order valence-electron chi connectivity index (χ2n) is 5.30. The van der Waals surface area contributed by atoms with E-state index >= 15 is 0 Å². The molecule has 1 aliphatic heterocycles. The first-order valence-electron chi connectivity index (χ1n) is 6.44. The molecule has 0 aromatic heterocycles. The maximum Gasteiger partial charge on any atom is 0.247 e. The summed E-state index contributed by atoms with van der Waals surface area (Å²) in [5, 5.41) is 5.00. The van der Waals surface area contributed by atoms with Crippen LogP contribution in [0.5, 0.6) is 0 Å². The number of piperazine rings is 1. The maximum atomic E-state index is 13.7. The average Bonchev–Trinajstić information content (AvgIpc) is 2.36. The first-order valence-corrected chi connectivity index (χ1v) is 6.44. The van der Waals surface area contributed by atoms with Crippen LogP contribution in [0, 0.1) is 17.6 Å². The second-order valence-corrected chi connectivity index (χ2v) is 5.30. The van der Waals surface area contributed by atoms with Crippen LogP contribution in [0.2, 0.25) is 0 Å². The molecule has 108 valence electrons. The third-order valence-corrected chi connectivity index (χ3v) is 3.16. The molecule has 1 unspecified atom stereocenters. The summed E-state index contributed by atoms with van der Waals surface area (Å²) < 4.78 is 26.8. The Labute approximate surface area is 115 Å². The molecule has 1 aliphatic rings. The van der Waals surface area contributed by atoms with E-state index in [4.69, 9.17) is 0 Å². The van der Waals surface area contributed by atoms with Crippen LogP contribution in [0.3, 0.4) is 0 Å². The lowest BCUT2D eigenvalue weighted by Gasteiger charge is -2.30. The Balaban J connectivity index is 2.22. The molecule has 2 atom stereocenters. The quantitative estimate of drug-likeness (QED) is 0.886. The minimum absolute atomic E-state index is 0.168. The Morgan fingerprint density at radius 3 is 2.50 bits per heavy atom. The van der Waals surface area contributed by atoms with E-state index in [0.29, 0.717) is 6.42 Å². The molecule has 1 heterocycles. The Morgan fingerprint density at radius 2 is 1.85 bits per heavy atom. The van der Waals surface area contributed by atoms with E-state index in [-0.39, 0.29) is 17.4 Å². The van der Waals surface area contributed by atoms with Crippen molar-refractivity contribution >= 4 is 11.8 Å². The van der Waals surface area contributed by atoms with E-state index < -0.39 is 29.6 Å². The maximum absolute atomic E-state index is 13.7. The van der Waals surface area contributed by atoms with E-state index in [0.717, 1.165) is 18.2 Å². The van der Waals surface area contributed by atoms with Crippen molar-refractivity contribution in [2.45, 2.75) is 32.4 Å². The normalized spacial score (nSPS) is 22.6. The van der Waals surface area contributed by atoms with Crippen molar-refractivity contribution in [2.24, 2.45) is 5.92 Å². The lowest BCUT2D eigenvalue weighted by molar-refractivity contribution is -0.137. The molecular weight excluding hydrogens is 266 g/mol. The van der Waals surface area contributed by atoms with Crippen LogP contribution in [-0.2, 0) is 9.59 Å². The molecule has 2 amide bonds. The third-order valence-electron chi connectivity index (χ3n) is 3.16. The van der Waals surface area contributed by atoms with Gasteiger partial charge in [0.25, 0.3) is 0 Å². The highest BCUT2D eigenvalue weighted by Crippen LogP contribution is 2.22. The van der Waals surface area contributed by atoms with Gasteiger partial charge in [0.05, 0.1) is 0 Å². The molecule has 2 N–H and O–H groups in total. The van der Waals surface area contributed by atoms with E-state index in [1.165, 1.54) is 0 Å². The zero-order valence-electron chi connectivity index (χ0n) is 11.2. The number of hydrogen-bond donors (Lipinski definition) is 2. The largest absolute Gasteiger partial charge is 0.342 e. The molecule has 0 aliphatic carbocycles. The Hall–Kier alpha value is -1.98. The van der Waals surface area contributed by atoms with Gasteiger partial charge < -0.3 is 10.6 Å². The number of rotatable bonds is 3. The molecule has 0 saturated carbocycles. The summed E-state index contributed by atoms with van der Waals surface area (Å²) in [7, 11) is 0. The van der Waals surface area contributed by atoms with Gasteiger partial charge in [0.15, 0.2) is 0 Å². The lowest BCUT2D eigenvalue weighted by atomic mass is 9.97. The van der Waals surface area contributed by atoms with Crippen molar-refractivity contribution in [3.05, 3.63) is 35.4 Å². The number of amides is 2. The highest BCUT2D eigenvalue weighted by molar-refractivity contribution is 5.97. The molecular formula is C14H16F2N2O2. The summed E-state index contributed by atoms with van der Waals surface area (Å²) in [6, 6.07) is 0.993. The topological polar surface area (TPSA) is 58.2 Å². The summed E-state index contributed by atoms with van der Waals surface area (Å²) >= 11 is 0. The average molecular weight is 282 g/mol. The van der Waals surface area contributed by atoms with Crippen LogP contribution in [0.25, 0.3) is 0 Å². The number of halogens is 2. The number of carbonyl (C=O) groups is 2. The monoisotopic (exact) mass is 282 g/mol. The highest BCUT2D eigenvalue weighted by atomic mass is 19.1. The van der Waals surface area contributed by atoms with Crippen molar-refractivity contribution in [3.8, 4) is 0 Å². The van der Waals surface area contributed by atoms with Crippen LogP contribution in [-0.4, -0.2) is 17.9 Å². The van der Waals surface area contributed by atoms with Crippen LogP contribution in [0.1, 0.15) is 31.9 Å². The third kappa shape index (κ3) is 2.95. The van der Waals surface area contributed by atoms with Crippen molar-refractivity contribution < 1.29 is 18.4 Å². The fraction of sp³-hybridized carbons (Fsp3) is 0.429. The summed E-state index contributed by atoms with van der Waals surface area (Å²) in [6.07, 6.45) is 0.496. The zero-order valence-corrected chi connectivity index (χ0v) is 11.2. The Kier molecular flexibility index (Phi) is 4.01. The van der Waals surface area contributed by atoms with Crippen molar-refractivity contribution in [2.75, 3.05) is 0 Å². The van der Waals surface area contributed by atoms with Crippen LogP contribution in [0.15, 0.2) is 18.2 Å². The van der Waals surface area contributed by atoms with Crippen LogP contribution in [0.4, 0.5) is 8.78 Å². The van der Waals surface area contributed by atoms with E-state index in [9.17, 15) is 18.4 Å². The van der Waals surface area contributed by atoms with Crippen molar-refractivity contribution in [1.82, 2.24) is 10.6 Å². The molecule has 2 rings (SSSR count). The first-order chi connectivity index (χ1) is 9.38. The fourth-order valence-corrected chi connectivity index (χ4v) is 2.22. The van der Waals surface area contributed by atoms with Gasteiger partial charge >= 0.3 is 0 Å². The summed E-state index contributed by atoms with van der Waals surface area (Å²) in [5.41, 5.74) is -0.168. The van der Waals surface area contributed by atoms with Crippen molar-refractivity contribution in [3.63, 3.8) is 0 Å². The van der Waals surface area contributed by atoms with Gasteiger partial charge in [-0.15, -0.1) is 0 Å². The molecule has 1 aromatic rings. The Bertz CT molecular complexity index is 546. The Morgan fingerprint density at radius 1 is 1.15 bits per heavy atom. The summed E-state index contributed by atoms with van der Waals surface area (Å²) in [4.78, 5) is 23.9. The molecule has 0 radical (unpaired) electrons. The first kappa shape index (κ1) is 14.4. The predicted molar refractivity (Wildman–Crippen MR) is 68.6 cm³/mol. The number of carbonyl (C=O) groups excluding carboxylic acids is 2. The molecule has 4 nitrogen and oxygen atoms in total. The SMILES string of the molecule is CC(C)C[C@@H]1NC(=O)C(c2cc(F)ccc2F)NC1=O. The van der Waals surface area contributed by atoms with Gasteiger partial charge in [-0.3, -0.25) is 9.59 Å². The van der Waals surface area contributed by atoms with Gasteiger partial charge in [0.2, 0.25) is 11.8 Å². The molecule has 0 bridgehead atoms. The van der Waals surface area contributed by atoms with E-state index in [1.54, 1.807) is 0 Å². The molecule has 0 spiro atoms. The van der Waals surface area contributed by atoms with Crippen LogP contribution < -0.4 is 10.6 Å². The number of nitrogens with one attached hydrogen (secondary N) is 2. The minimum Gasteiger partial charge on any atom is -0.342 e. The molecule has 1 saturated heterocycles. The lowest BCUT2D eigenvalue weighted by Crippen LogP contribution is -2.58. The standard InChI is InChI=1S/C14H16F2N2O2/c1-7(2)5-11-13(19)18-12(14(20)17-11)9-6-8(15)3-4-10(9)16/h3-4,6-7,11-12H,5H2,1-2H3,(H,17,20)(H,18,19)/t11-,12?/m0/s1. The summed E-state index contributed by atoms with van der Waals surface area (Å²) in [5.74, 6) is -2.07. The van der Waals surface area contributed by atoms with Gasteiger partial charge in [-0.05, 0) is 30.5 Å². The molecule has 1 aromatic carbocycles. The van der Waals surface area contributed by atoms with Gasteiger partial charge in [-0.1, -0.05) is 13.8 Å². The van der Waals surface area contributed by atoms with Crippen molar-refractivity contribution in [1.29, 1.82) is 0 Å². The minimum atomic E-state index is -1.19. The fourth-order valence-electron chi connectivity index (χ4n) is 2.22. The molecule has 20 heavy (non-hydrogen) atoms. The smallest absolute Gasteiger partial charge is 0.247 e. The van der Waals surface area contributed by atoms with E-state index in [2.05, 4.69) is 10.6 Å². The molecule has 6 heteroatoms. The van der Waals surface area contributed by atoms with Gasteiger partial charge in [0.1, 0.15) is 23.7 Å².